The van der Waals surface area contributed by atoms with E-state index in [0.29, 0.717) is 18.8 Å². The highest BCUT2D eigenvalue weighted by molar-refractivity contribution is 5.99. The first kappa shape index (κ1) is 11.8. The average molecular weight is 256 g/mol. The minimum atomic E-state index is 0.0736. The topological polar surface area (TPSA) is 64.2 Å². The number of fused-ring (bicyclic) bond motifs is 1. The van der Waals surface area contributed by atoms with Gasteiger partial charge in [-0.15, -0.1) is 0 Å². The Morgan fingerprint density at radius 2 is 2.21 bits per heavy atom. The molecule has 3 rings (SSSR count). The van der Waals surface area contributed by atoms with E-state index in [4.69, 9.17) is 5.73 Å². The lowest BCUT2D eigenvalue weighted by Crippen LogP contribution is -2.26. The van der Waals surface area contributed by atoms with E-state index in [1.807, 2.05) is 34.8 Å². The molecule has 1 aliphatic rings. The first-order chi connectivity index (χ1) is 9.15. The van der Waals surface area contributed by atoms with Crippen LogP contribution in [-0.4, -0.2) is 27.1 Å². The molecule has 0 saturated heterocycles. The number of carbonyl (C=O) groups is 1. The predicted octanol–water partition coefficient (Wildman–Crippen LogP) is 1.20. The molecule has 0 bridgehead atoms. The van der Waals surface area contributed by atoms with Gasteiger partial charge >= 0.3 is 0 Å². The third-order valence-electron chi connectivity index (χ3n) is 3.57. The molecule has 1 amide bonds. The monoisotopic (exact) mass is 256 g/mol. The zero-order valence-electron chi connectivity index (χ0n) is 10.8. The first-order valence-electron chi connectivity index (χ1n) is 6.30. The lowest BCUT2D eigenvalue weighted by Gasteiger charge is -2.15. The molecule has 0 spiro atoms. The predicted molar refractivity (Wildman–Crippen MR) is 72.5 cm³/mol. The van der Waals surface area contributed by atoms with Crippen LogP contribution in [0.2, 0.25) is 0 Å². The normalized spacial score (nSPS) is 13.9. The van der Waals surface area contributed by atoms with E-state index in [-0.39, 0.29) is 5.91 Å². The summed E-state index contributed by atoms with van der Waals surface area (Å²) in [6.07, 6.45) is 2.59. The van der Waals surface area contributed by atoms with Gasteiger partial charge in [-0.05, 0) is 23.8 Å². The minimum Gasteiger partial charge on any atom is -0.399 e. The summed E-state index contributed by atoms with van der Waals surface area (Å²) >= 11 is 0. The Kier molecular flexibility index (Phi) is 2.74. The Morgan fingerprint density at radius 3 is 2.95 bits per heavy atom. The van der Waals surface area contributed by atoms with Gasteiger partial charge in [0.1, 0.15) is 0 Å². The zero-order valence-corrected chi connectivity index (χ0v) is 10.8. The van der Waals surface area contributed by atoms with E-state index in [0.717, 1.165) is 23.2 Å². The van der Waals surface area contributed by atoms with Crippen LogP contribution in [0, 0.1) is 0 Å². The van der Waals surface area contributed by atoms with E-state index in [9.17, 15) is 4.79 Å². The van der Waals surface area contributed by atoms with Gasteiger partial charge in [0, 0.05) is 49.7 Å². The minimum absolute atomic E-state index is 0.0736. The molecular formula is C14H16N4O. The smallest absolute Gasteiger partial charge is 0.254 e. The van der Waals surface area contributed by atoms with E-state index < -0.39 is 0 Å². The van der Waals surface area contributed by atoms with E-state index >= 15 is 0 Å². The quantitative estimate of drug-likeness (QED) is 0.839. The molecule has 2 aromatic rings. The van der Waals surface area contributed by atoms with Crippen molar-refractivity contribution in [1.82, 2.24) is 14.7 Å². The number of nitrogen functional groups attached to an aromatic ring is 1. The van der Waals surface area contributed by atoms with Gasteiger partial charge in [0.05, 0.1) is 0 Å². The van der Waals surface area contributed by atoms with Crippen LogP contribution in [0.25, 0.3) is 0 Å². The number of aryl methyl sites for hydroxylation is 1. The molecule has 0 fully saturated rings. The second-order valence-electron chi connectivity index (χ2n) is 4.84. The number of rotatable bonds is 3. The van der Waals surface area contributed by atoms with Gasteiger partial charge in [0.15, 0.2) is 0 Å². The van der Waals surface area contributed by atoms with Crippen molar-refractivity contribution in [3.63, 3.8) is 0 Å². The standard InChI is InChI=1S/C14H16N4O/c1-17-12(4-6-16-17)5-7-18-9-10-2-3-11(15)8-13(10)14(18)19/h2-4,6,8H,5,7,9,15H2,1H3. The summed E-state index contributed by atoms with van der Waals surface area (Å²) in [4.78, 5) is 14.1. The Bertz CT molecular complexity index is 632. The van der Waals surface area contributed by atoms with Crippen molar-refractivity contribution in [2.75, 3.05) is 12.3 Å². The van der Waals surface area contributed by atoms with Gasteiger partial charge in [-0.3, -0.25) is 9.48 Å². The molecule has 0 unspecified atom stereocenters. The molecule has 1 aliphatic heterocycles. The number of nitrogens with zero attached hydrogens (tertiary/aromatic N) is 3. The largest absolute Gasteiger partial charge is 0.399 e. The fourth-order valence-electron chi connectivity index (χ4n) is 2.46. The van der Waals surface area contributed by atoms with Gasteiger partial charge in [-0.1, -0.05) is 6.07 Å². The maximum Gasteiger partial charge on any atom is 0.254 e. The Labute approximate surface area is 111 Å². The highest BCUT2D eigenvalue weighted by Gasteiger charge is 2.26. The van der Waals surface area contributed by atoms with Crippen molar-refractivity contribution in [2.45, 2.75) is 13.0 Å². The van der Waals surface area contributed by atoms with Crippen LogP contribution in [0.15, 0.2) is 30.5 Å². The van der Waals surface area contributed by atoms with Crippen LogP contribution < -0.4 is 5.73 Å². The van der Waals surface area contributed by atoms with Gasteiger partial charge < -0.3 is 10.6 Å². The van der Waals surface area contributed by atoms with E-state index in [1.54, 1.807) is 12.3 Å². The van der Waals surface area contributed by atoms with Gasteiger partial charge in [-0.2, -0.15) is 5.10 Å². The van der Waals surface area contributed by atoms with Gasteiger partial charge in [0.2, 0.25) is 0 Å². The van der Waals surface area contributed by atoms with Crippen LogP contribution in [-0.2, 0) is 20.0 Å². The van der Waals surface area contributed by atoms with Gasteiger partial charge in [-0.25, -0.2) is 0 Å². The molecule has 0 radical (unpaired) electrons. The summed E-state index contributed by atoms with van der Waals surface area (Å²) in [6.45, 7) is 1.37. The van der Waals surface area contributed by atoms with Crippen LogP contribution >= 0.6 is 0 Å². The first-order valence-corrected chi connectivity index (χ1v) is 6.30. The van der Waals surface area contributed by atoms with Crippen molar-refractivity contribution >= 4 is 11.6 Å². The third kappa shape index (κ3) is 2.07. The highest BCUT2D eigenvalue weighted by Crippen LogP contribution is 2.24. The SMILES string of the molecule is Cn1nccc1CCN1Cc2ccc(N)cc2C1=O. The van der Waals surface area contributed by atoms with E-state index in [2.05, 4.69) is 5.10 Å². The summed E-state index contributed by atoms with van der Waals surface area (Å²) in [5, 5.41) is 4.13. The summed E-state index contributed by atoms with van der Waals surface area (Å²) in [6, 6.07) is 7.52. The number of amides is 1. The fourth-order valence-corrected chi connectivity index (χ4v) is 2.46. The summed E-state index contributed by atoms with van der Waals surface area (Å²) in [5.41, 5.74) is 9.29. The molecular weight excluding hydrogens is 240 g/mol. The zero-order chi connectivity index (χ0) is 13.4. The lowest BCUT2D eigenvalue weighted by molar-refractivity contribution is 0.0779. The maximum atomic E-state index is 12.2. The maximum absolute atomic E-state index is 12.2. The van der Waals surface area contributed by atoms with Crippen molar-refractivity contribution in [3.8, 4) is 0 Å². The number of benzene rings is 1. The highest BCUT2D eigenvalue weighted by atomic mass is 16.2. The number of hydrogen-bond donors (Lipinski definition) is 1. The van der Waals surface area contributed by atoms with Crippen molar-refractivity contribution in [1.29, 1.82) is 0 Å². The van der Waals surface area contributed by atoms with Crippen LogP contribution in [0.3, 0.4) is 0 Å². The molecule has 1 aromatic heterocycles. The molecule has 5 nitrogen and oxygen atoms in total. The Morgan fingerprint density at radius 1 is 1.37 bits per heavy atom. The summed E-state index contributed by atoms with van der Waals surface area (Å²) in [7, 11) is 1.91. The second kappa shape index (κ2) is 4.42. The Balaban J connectivity index is 1.72. The van der Waals surface area contributed by atoms with Crippen LogP contribution in [0.5, 0.6) is 0 Å². The third-order valence-corrected chi connectivity index (χ3v) is 3.57. The summed E-state index contributed by atoms with van der Waals surface area (Å²) in [5.74, 6) is 0.0736. The van der Waals surface area contributed by atoms with Crippen molar-refractivity contribution < 1.29 is 4.79 Å². The van der Waals surface area contributed by atoms with Crippen LogP contribution in [0.1, 0.15) is 21.6 Å². The van der Waals surface area contributed by atoms with Crippen molar-refractivity contribution in [2.24, 2.45) is 7.05 Å². The lowest BCUT2D eigenvalue weighted by atomic mass is 10.1. The molecule has 2 heterocycles. The van der Waals surface area contributed by atoms with Crippen LogP contribution in [0.4, 0.5) is 5.69 Å². The molecule has 1 aromatic carbocycles. The second-order valence-corrected chi connectivity index (χ2v) is 4.84. The Hall–Kier alpha value is -2.30. The van der Waals surface area contributed by atoms with Gasteiger partial charge in [0.25, 0.3) is 5.91 Å². The molecule has 0 saturated carbocycles. The van der Waals surface area contributed by atoms with E-state index in [1.165, 1.54) is 0 Å². The molecule has 0 aliphatic carbocycles. The molecule has 98 valence electrons. The summed E-state index contributed by atoms with van der Waals surface area (Å²) < 4.78 is 1.84. The number of aromatic nitrogens is 2. The molecule has 2 N–H and O–H groups in total. The number of nitrogens with two attached hydrogens (primary N) is 1. The number of anilines is 1. The average Bonchev–Trinajstić information content (AvgIpc) is 2.93. The fraction of sp³-hybridized carbons (Fsp3) is 0.286. The number of hydrogen-bond acceptors (Lipinski definition) is 3. The van der Waals surface area contributed by atoms with Crippen molar-refractivity contribution in [3.05, 3.63) is 47.3 Å². The molecule has 0 atom stereocenters. The number of carbonyl (C=O) groups excluding carboxylic acids is 1. The molecule has 19 heavy (non-hydrogen) atoms. The molecule has 5 heteroatoms.